The van der Waals surface area contributed by atoms with Gasteiger partial charge in [0.1, 0.15) is 35.1 Å². The first-order chi connectivity index (χ1) is 16.6. The summed E-state index contributed by atoms with van der Waals surface area (Å²) < 4.78 is 11.5. The third-order valence-electron chi connectivity index (χ3n) is 6.36. The molecule has 1 aliphatic rings. The number of thiophene rings is 1. The molecule has 0 radical (unpaired) electrons. The van der Waals surface area contributed by atoms with E-state index in [1.807, 2.05) is 42.5 Å². The Hall–Kier alpha value is -3.45. The zero-order chi connectivity index (χ0) is 23.5. The molecule has 2 aromatic carbocycles. The van der Waals surface area contributed by atoms with Crippen molar-refractivity contribution in [1.82, 2.24) is 9.97 Å². The zero-order valence-electron chi connectivity index (χ0n) is 19.4. The van der Waals surface area contributed by atoms with Gasteiger partial charge in [0.2, 0.25) is 0 Å². The second-order valence-corrected chi connectivity index (χ2v) is 9.79. The molecular weight excluding hydrogens is 446 g/mol. The fraction of sp³-hybridized carbons (Fsp3) is 0.296. The third-order valence-corrected chi connectivity index (χ3v) is 7.48. The number of anilines is 1. The lowest BCUT2D eigenvalue weighted by Crippen LogP contribution is -2.38. The normalized spacial score (nSPS) is 14.4. The second kappa shape index (κ2) is 9.81. The van der Waals surface area contributed by atoms with Crippen LogP contribution in [0.5, 0.6) is 11.5 Å². The number of hydrogen-bond acceptors (Lipinski definition) is 7. The predicted octanol–water partition coefficient (Wildman–Crippen LogP) is 5.71. The smallest absolute Gasteiger partial charge is 0.314 e. The van der Waals surface area contributed by atoms with Crippen molar-refractivity contribution < 1.29 is 14.3 Å². The summed E-state index contributed by atoms with van der Waals surface area (Å²) in [4.78, 5) is 26.4. The molecule has 1 aliphatic heterocycles. The minimum atomic E-state index is -0.173. The van der Waals surface area contributed by atoms with E-state index in [2.05, 4.69) is 28.7 Å². The summed E-state index contributed by atoms with van der Waals surface area (Å²) in [6.45, 7) is 6.29. The number of esters is 1. The van der Waals surface area contributed by atoms with Crippen molar-refractivity contribution >= 4 is 33.3 Å². The van der Waals surface area contributed by atoms with Crippen LogP contribution in [-0.4, -0.2) is 29.0 Å². The number of nitrogens with zero attached hydrogens (tertiary/aromatic N) is 3. The summed E-state index contributed by atoms with van der Waals surface area (Å²) in [7, 11) is 0. The van der Waals surface area contributed by atoms with E-state index in [4.69, 9.17) is 9.47 Å². The number of piperidine rings is 1. The highest BCUT2D eigenvalue weighted by molar-refractivity contribution is 7.18. The lowest BCUT2D eigenvalue weighted by Gasteiger charge is -2.32. The zero-order valence-corrected chi connectivity index (χ0v) is 20.2. The molecule has 5 rings (SSSR count). The molecule has 2 aromatic heterocycles. The van der Waals surface area contributed by atoms with Crippen LogP contribution in [0, 0.1) is 19.8 Å². The fourth-order valence-electron chi connectivity index (χ4n) is 4.27. The molecule has 7 heteroatoms. The van der Waals surface area contributed by atoms with Crippen molar-refractivity contribution in [2.75, 3.05) is 18.0 Å². The minimum Gasteiger partial charge on any atom is -0.489 e. The van der Waals surface area contributed by atoms with Gasteiger partial charge < -0.3 is 14.4 Å². The third kappa shape index (κ3) is 4.75. The number of aryl methyl sites for hydroxylation is 2. The van der Waals surface area contributed by atoms with Gasteiger partial charge in [0.15, 0.2) is 0 Å². The van der Waals surface area contributed by atoms with E-state index in [1.165, 1.54) is 10.4 Å². The number of ether oxygens (including phenoxy) is 2. The van der Waals surface area contributed by atoms with E-state index in [1.54, 1.807) is 29.8 Å². The summed E-state index contributed by atoms with van der Waals surface area (Å²) >= 11 is 1.71. The Bertz CT molecular complexity index is 1280. The van der Waals surface area contributed by atoms with Gasteiger partial charge in [0, 0.05) is 18.0 Å². The lowest BCUT2D eigenvalue weighted by atomic mass is 9.96. The molecule has 0 bridgehead atoms. The molecule has 0 aliphatic carbocycles. The average molecular weight is 474 g/mol. The molecule has 0 saturated carbocycles. The Morgan fingerprint density at radius 3 is 2.44 bits per heavy atom. The standard InChI is InChI=1S/C27H27N3O3S/c1-18-19(2)34-26-24(18)25(28-17-29-26)30-14-12-21(13-15-30)27(31)33-23-10-8-22(9-11-23)32-16-20-6-4-3-5-7-20/h3-11,17,21H,12-16H2,1-2H3. The summed E-state index contributed by atoms with van der Waals surface area (Å²) in [5.41, 5.74) is 2.35. The van der Waals surface area contributed by atoms with E-state index in [9.17, 15) is 4.79 Å². The largest absolute Gasteiger partial charge is 0.489 e. The highest BCUT2D eigenvalue weighted by atomic mass is 32.1. The number of hydrogen-bond donors (Lipinski definition) is 0. The van der Waals surface area contributed by atoms with E-state index in [-0.39, 0.29) is 11.9 Å². The SMILES string of the molecule is Cc1sc2ncnc(N3CCC(C(=O)Oc4ccc(OCc5ccccc5)cc4)CC3)c2c1C. The van der Waals surface area contributed by atoms with E-state index >= 15 is 0 Å². The summed E-state index contributed by atoms with van der Waals surface area (Å²) in [6.07, 6.45) is 3.12. The van der Waals surface area contributed by atoms with E-state index < -0.39 is 0 Å². The first-order valence-electron chi connectivity index (χ1n) is 11.5. The van der Waals surface area contributed by atoms with Crippen molar-refractivity contribution in [3.8, 4) is 11.5 Å². The highest BCUT2D eigenvalue weighted by Gasteiger charge is 2.28. The van der Waals surface area contributed by atoms with Gasteiger partial charge in [-0.15, -0.1) is 11.3 Å². The van der Waals surface area contributed by atoms with Crippen LogP contribution in [0.2, 0.25) is 0 Å². The average Bonchev–Trinajstić information content (AvgIpc) is 3.17. The van der Waals surface area contributed by atoms with Crippen molar-refractivity contribution in [3.05, 3.63) is 76.9 Å². The van der Waals surface area contributed by atoms with Crippen molar-refractivity contribution in [2.45, 2.75) is 33.3 Å². The van der Waals surface area contributed by atoms with Crippen LogP contribution in [0.3, 0.4) is 0 Å². The van der Waals surface area contributed by atoms with Gasteiger partial charge in [0.25, 0.3) is 0 Å². The minimum absolute atomic E-state index is 0.118. The number of carbonyl (C=O) groups is 1. The first kappa shape index (κ1) is 22.3. The second-order valence-electron chi connectivity index (χ2n) is 8.59. The first-order valence-corrected chi connectivity index (χ1v) is 12.3. The molecular formula is C27H27N3O3S. The summed E-state index contributed by atoms with van der Waals surface area (Å²) in [5.74, 6) is 1.97. The topological polar surface area (TPSA) is 64.6 Å². The summed E-state index contributed by atoms with van der Waals surface area (Å²) in [5, 5.41) is 1.14. The number of benzene rings is 2. The van der Waals surface area contributed by atoms with Gasteiger partial charge in [-0.2, -0.15) is 0 Å². The molecule has 6 nitrogen and oxygen atoms in total. The molecule has 0 spiro atoms. The van der Waals surface area contributed by atoms with Crippen LogP contribution in [0.1, 0.15) is 28.8 Å². The molecule has 1 saturated heterocycles. The lowest BCUT2D eigenvalue weighted by molar-refractivity contribution is -0.139. The number of carbonyl (C=O) groups excluding carboxylic acids is 1. The van der Waals surface area contributed by atoms with Crippen molar-refractivity contribution in [2.24, 2.45) is 5.92 Å². The Morgan fingerprint density at radius 1 is 1.00 bits per heavy atom. The van der Waals surface area contributed by atoms with Gasteiger partial charge >= 0.3 is 5.97 Å². The number of fused-ring (bicyclic) bond motifs is 1. The predicted molar refractivity (Wildman–Crippen MR) is 135 cm³/mol. The molecule has 3 heterocycles. The van der Waals surface area contributed by atoms with E-state index in [0.29, 0.717) is 12.4 Å². The Kier molecular flexibility index (Phi) is 6.45. The highest BCUT2D eigenvalue weighted by Crippen LogP contribution is 2.35. The number of aromatic nitrogens is 2. The van der Waals surface area contributed by atoms with Crippen LogP contribution in [0.15, 0.2) is 60.9 Å². The van der Waals surface area contributed by atoms with Gasteiger partial charge in [-0.25, -0.2) is 9.97 Å². The van der Waals surface area contributed by atoms with Crippen LogP contribution < -0.4 is 14.4 Å². The van der Waals surface area contributed by atoms with Gasteiger partial charge in [-0.3, -0.25) is 4.79 Å². The monoisotopic (exact) mass is 473 g/mol. The Morgan fingerprint density at radius 2 is 1.71 bits per heavy atom. The molecule has 0 unspecified atom stereocenters. The molecule has 34 heavy (non-hydrogen) atoms. The maximum absolute atomic E-state index is 12.8. The quantitative estimate of drug-likeness (QED) is 0.264. The van der Waals surface area contributed by atoms with E-state index in [0.717, 1.165) is 53.3 Å². The van der Waals surface area contributed by atoms with Gasteiger partial charge in [-0.05, 0) is 62.1 Å². The van der Waals surface area contributed by atoms with Crippen LogP contribution in [-0.2, 0) is 11.4 Å². The van der Waals surface area contributed by atoms with Gasteiger partial charge in [-0.1, -0.05) is 30.3 Å². The molecule has 0 amide bonds. The molecule has 1 fully saturated rings. The van der Waals surface area contributed by atoms with Crippen LogP contribution in [0.25, 0.3) is 10.2 Å². The Balaban J connectivity index is 1.16. The molecule has 4 aromatic rings. The van der Waals surface area contributed by atoms with Crippen molar-refractivity contribution in [3.63, 3.8) is 0 Å². The molecule has 0 N–H and O–H groups in total. The maximum atomic E-state index is 12.8. The van der Waals surface area contributed by atoms with Crippen LogP contribution >= 0.6 is 11.3 Å². The fourth-order valence-corrected chi connectivity index (χ4v) is 5.27. The van der Waals surface area contributed by atoms with Crippen LogP contribution in [0.4, 0.5) is 5.82 Å². The van der Waals surface area contributed by atoms with Crippen molar-refractivity contribution in [1.29, 1.82) is 0 Å². The number of rotatable bonds is 6. The van der Waals surface area contributed by atoms with Gasteiger partial charge in [0.05, 0.1) is 11.3 Å². The Labute approximate surface area is 203 Å². The summed E-state index contributed by atoms with van der Waals surface area (Å²) in [6, 6.07) is 17.2. The maximum Gasteiger partial charge on any atom is 0.314 e. The molecule has 174 valence electrons. The molecule has 0 atom stereocenters.